The molecule has 1 aromatic rings. The highest BCUT2D eigenvalue weighted by atomic mass is 16.3. The van der Waals surface area contributed by atoms with Gasteiger partial charge < -0.3 is 10.0 Å². The summed E-state index contributed by atoms with van der Waals surface area (Å²) in [5.74, 6) is 0.368. The van der Waals surface area contributed by atoms with E-state index in [0.717, 1.165) is 17.8 Å². The fourth-order valence-corrected chi connectivity index (χ4v) is 1.02. The van der Waals surface area contributed by atoms with Crippen LogP contribution in [-0.4, -0.2) is 18.7 Å². The SMILES string of the molecule is CCN(C)c1ccc(C)c(O)c1. The minimum Gasteiger partial charge on any atom is -0.508 e. The zero-order chi connectivity index (χ0) is 9.14. The van der Waals surface area contributed by atoms with Crippen LogP contribution in [-0.2, 0) is 0 Å². The van der Waals surface area contributed by atoms with Crippen LogP contribution in [0.1, 0.15) is 12.5 Å². The molecule has 1 aromatic carbocycles. The summed E-state index contributed by atoms with van der Waals surface area (Å²) < 4.78 is 0. The van der Waals surface area contributed by atoms with E-state index in [1.807, 2.05) is 26.1 Å². The van der Waals surface area contributed by atoms with Crippen LogP contribution in [0.4, 0.5) is 5.69 Å². The molecule has 0 aromatic heterocycles. The van der Waals surface area contributed by atoms with Gasteiger partial charge in [0.05, 0.1) is 0 Å². The normalized spacial score (nSPS) is 9.92. The molecule has 1 rings (SSSR count). The maximum Gasteiger partial charge on any atom is 0.120 e. The van der Waals surface area contributed by atoms with Crippen molar-refractivity contribution in [3.05, 3.63) is 23.8 Å². The van der Waals surface area contributed by atoms with Crippen molar-refractivity contribution in [1.29, 1.82) is 0 Å². The van der Waals surface area contributed by atoms with Gasteiger partial charge in [0.1, 0.15) is 5.75 Å². The van der Waals surface area contributed by atoms with Gasteiger partial charge in [-0.25, -0.2) is 0 Å². The van der Waals surface area contributed by atoms with Crippen LogP contribution >= 0.6 is 0 Å². The van der Waals surface area contributed by atoms with Crippen LogP contribution in [0.25, 0.3) is 0 Å². The summed E-state index contributed by atoms with van der Waals surface area (Å²) in [6, 6.07) is 5.73. The van der Waals surface area contributed by atoms with Crippen molar-refractivity contribution in [2.75, 3.05) is 18.5 Å². The number of anilines is 1. The Morgan fingerprint density at radius 3 is 2.58 bits per heavy atom. The molecule has 0 fully saturated rings. The maximum atomic E-state index is 9.42. The fourth-order valence-electron chi connectivity index (χ4n) is 1.02. The van der Waals surface area contributed by atoms with Gasteiger partial charge in [0, 0.05) is 25.3 Å². The lowest BCUT2D eigenvalue weighted by Gasteiger charge is -2.17. The summed E-state index contributed by atoms with van der Waals surface area (Å²) in [7, 11) is 2.00. The molecule has 0 bridgehead atoms. The lowest BCUT2D eigenvalue weighted by atomic mass is 10.2. The first kappa shape index (κ1) is 8.91. The number of phenols is 1. The van der Waals surface area contributed by atoms with Gasteiger partial charge in [-0.1, -0.05) is 6.07 Å². The fraction of sp³-hybridized carbons (Fsp3) is 0.400. The number of hydrogen-bond acceptors (Lipinski definition) is 2. The third kappa shape index (κ3) is 1.70. The van der Waals surface area contributed by atoms with Crippen LogP contribution in [0.2, 0.25) is 0 Å². The van der Waals surface area contributed by atoms with Crippen molar-refractivity contribution < 1.29 is 5.11 Å². The molecule has 0 aliphatic rings. The molecule has 0 aliphatic heterocycles. The van der Waals surface area contributed by atoms with E-state index in [1.54, 1.807) is 6.07 Å². The van der Waals surface area contributed by atoms with Crippen molar-refractivity contribution in [2.45, 2.75) is 13.8 Å². The molecule has 0 aliphatic carbocycles. The Hall–Kier alpha value is -1.18. The molecule has 1 N–H and O–H groups in total. The second kappa shape index (κ2) is 3.48. The van der Waals surface area contributed by atoms with Crippen molar-refractivity contribution in [1.82, 2.24) is 0 Å². The standard InChI is InChI=1S/C10H15NO/c1-4-11(3)9-6-5-8(2)10(12)7-9/h5-7,12H,4H2,1-3H3. The van der Waals surface area contributed by atoms with Crippen LogP contribution in [0.5, 0.6) is 5.75 Å². The van der Waals surface area contributed by atoms with E-state index in [9.17, 15) is 5.11 Å². The Morgan fingerprint density at radius 1 is 1.42 bits per heavy atom. The van der Waals surface area contributed by atoms with Gasteiger partial charge in [0.2, 0.25) is 0 Å². The highest BCUT2D eigenvalue weighted by Gasteiger charge is 2.00. The monoisotopic (exact) mass is 165 g/mol. The number of benzene rings is 1. The van der Waals surface area contributed by atoms with E-state index in [-0.39, 0.29) is 0 Å². The minimum atomic E-state index is 0.368. The molecule has 0 atom stereocenters. The van der Waals surface area contributed by atoms with Gasteiger partial charge in [-0.2, -0.15) is 0 Å². The first-order chi connectivity index (χ1) is 5.65. The van der Waals surface area contributed by atoms with Gasteiger partial charge >= 0.3 is 0 Å². The van der Waals surface area contributed by atoms with Gasteiger partial charge in [0.15, 0.2) is 0 Å². The van der Waals surface area contributed by atoms with Gasteiger partial charge in [-0.05, 0) is 25.5 Å². The van der Waals surface area contributed by atoms with E-state index < -0.39 is 0 Å². The van der Waals surface area contributed by atoms with Crippen molar-refractivity contribution >= 4 is 5.69 Å². The smallest absolute Gasteiger partial charge is 0.120 e. The number of rotatable bonds is 2. The highest BCUT2D eigenvalue weighted by Crippen LogP contribution is 2.22. The molecule has 0 saturated heterocycles. The van der Waals surface area contributed by atoms with E-state index in [1.165, 1.54) is 0 Å². The summed E-state index contributed by atoms with van der Waals surface area (Å²) in [6.07, 6.45) is 0. The maximum absolute atomic E-state index is 9.42. The van der Waals surface area contributed by atoms with Crippen LogP contribution < -0.4 is 4.90 Å². The summed E-state index contributed by atoms with van der Waals surface area (Å²) in [6.45, 7) is 4.92. The van der Waals surface area contributed by atoms with Gasteiger partial charge in [-0.15, -0.1) is 0 Å². The molecule has 0 unspecified atom stereocenters. The Balaban J connectivity index is 2.96. The molecule has 66 valence electrons. The van der Waals surface area contributed by atoms with E-state index in [4.69, 9.17) is 0 Å². The zero-order valence-corrected chi connectivity index (χ0v) is 7.83. The second-order valence-corrected chi connectivity index (χ2v) is 2.98. The van der Waals surface area contributed by atoms with Gasteiger partial charge in [0.25, 0.3) is 0 Å². The Kier molecular flexibility index (Phi) is 2.58. The zero-order valence-electron chi connectivity index (χ0n) is 7.83. The summed E-state index contributed by atoms with van der Waals surface area (Å²) in [5, 5.41) is 9.42. The van der Waals surface area contributed by atoms with Crippen molar-refractivity contribution in [3.8, 4) is 5.75 Å². The molecular formula is C10H15NO. The molecule has 12 heavy (non-hydrogen) atoms. The Labute approximate surface area is 73.4 Å². The first-order valence-electron chi connectivity index (χ1n) is 4.16. The number of aromatic hydroxyl groups is 1. The minimum absolute atomic E-state index is 0.368. The molecule has 0 saturated carbocycles. The van der Waals surface area contributed by atoms with E-state index >= 15 is 0 Å². The summed E-state index contributed by atoms with van der Waals surface area (Å²) in [5.41, 5.74) is 1.98. The van der Waals surface area contributed by atoms with Crippen LogP contribution in [0, 0.1) is 6.92 Å². The van der Waals surface area contributed by atoms with Crippen LogP contribution in [0.3, 0.4) is 0 Å². The third-order valence-corrected chi connectivity index (χ3v) is 2.11. The number of aryl methyl sites for hydroxylation is 1. The van der Waals surface area contributed by atoms with Crippen LogP contribution in [0.15, 0.2) is 18.2 Å². The molecule has 0 spiro atoms. The average molecular weight is 165 g/mol. The summed E-state index contributed by atoms with van der Waals surface area (Å²) in [4.78, 5) is 2.08. The van der Waals surface area contributed by atoms with E-state index in [0.29, 0.717) is 5.75 Å². The topological polar surface area (TPSA) is 23.5 Å². The number of phenolic OH excluding ortho intramolecular Hbond substituents is 1. The van der Waals surface area contributed by atoms with E-state index in [2.05, 4.69) is 11.8 Å². The third-order valence-electron chi connectivity index (χ3n) is 2.11. The Bertz CT molecular complexity index is 271. The predicted octanol–water partition coefficient (Wildman–Crippen LogP) is 2.16. The predicted molar refractivity (Wildman–Crippen MR) is 51.8 cm³/mol. The molecule has 2 heteroatoms. The lowest BCUT2D eigenvalue weighted by molar-refractivity contribution is 0.471. The average Bonchev–Trinajstić information content (AvgIpc) is 2.08. The first-order valence-corrected chi connectivity index (χ1v) is 4.16. The highest BCUT2D eigenvalue weighted by molar-refractivity contribution is 5.52. The van der Waals surface area contributed by atoms with Crippen molar-refractivity contribution in [3.63, 3.8) is 0 Å². The van der Waals surface area contributed by atoms with Crippen molar-refractivity contribution in [2.24, 2.45) is 0 Å². The number of hydrogen-bond donors (Lipinski definition) is 1. The Morgan fingerprint density at radius 2 is 2.08 bits per heavy atom. The lowest BCUT2D eigenvalue weighted by Crippen LogP contribution is -2.15. The van der Waals surface area contributed by atoms with Gasteiger partial charge in [-0.3, -0.25) is 0 Å². The molecular weight excluding hydrogens is 150 g/mol. The molecule has 0 heterocycles. The molecule has 0 radical (unpaired) electrons. The summed E-state index contributed by atoms with van der Waals surface area (Å²) >= 11 is 0. The largest absolute Gasteiger partial charge is 0.508 e. The quantitative estimate of drug-likeness (QED) is 0.725. The second-order valence-electron chi connectivity index (χ2n) is 2.98. The number of nitrogens with zero attached hydrogens (tertiary/aromatic N) is 1. The molecule has 0 amide bonds. The molecule has 2 nitrogen and oxygen atoms in total.